The third-order valence-corrected chi connectivity index (χ3v) is 3.78. The molecule has 0 fully saturated rings. The van der Waals surface area contributed by atoms with E-state index >= 15 is 0 Å². The number of rotatable bonds is 7. The highest BCUT2D eigenvalue weighted by Gasteiger charge is 2.15. The molecule has 0 radical (unpaired) electrons. The number of nitrogens with zero attached hydrogens (tertiary/aromatic N) is 1. The normalized spacial score (nSPS) is 11.8. The second-order valence-electron chi connectivity index (χ2n) is 5.41. The van der Waals surface area contributed by atoms with Gasteiger partial charge in [0, 0.05) is 30.8 Å². The van der Waals surface area contributed by atoms with Gasteiger partial charge >= 0.3 is 0 Å². The fourth-order valence-electron chi connectivity index (χ4n) is 2.39. The summed E-state index contributed by atoms with van der Waals surface area (Å²) >= 11 is 0. The molecule has 1 aromatic carbocycles. The van der Waals surface area contributed by atoms with Crippen LogP contribution >= 0.6 is 0 Å². The highest BCUT2D eigenvalue weighted by Crippen LogP contribution is 2.29. The van der Waals surface area contributed by atoms with Crippen LogP contribution in [0.1, 0.15) is 40.9 Å². The van der Waals surface area contributed by atoms with Crippen molar-refractivity contribution < 1.29 is 14.3 Å². The van der Waals surface area contributed by atoms with Crippen molar-refractivity contribution in [3.05, 3.63) is 53.3 Å². The van der Waals surface area contributed by atoms with Crippen molar-refractivity contribution in [3.8, 4) is 11.5 Å². The first-order valence-corrected chi connectivity index (χ1v) is 7.48. The Morgan fingerprint density at radius 2 is 1.83 bits per heavy atom. The molecule has 0 saturated carbocycles. The average molecular weight is 314 g/mol. The van der Waals surface area contributed by atoms with Gasteiger partial charge in [0.25, 0.3) is 0 Å². The first kappa shape index (κ1) is 17.0. The number of nitrogens with two attached hydrogens (primary N) is 1. The number of ether oxygens (including phenoxy) is 2. The SMILES string of the molecule is COc1cc(OC)cc(C(C)CC(=O)c2ccnc(CN)c2)c1. The van der Waals surface area contributed by atoms with Crippen molar-refractivity contribution in [1.82, 2.24) is 4.98 Å². The number of carbonyl (C=O) groups is 1. The summed E-state index contributed by atoms with van der Waals surface area (Å²) in [7, 11) is 3.22. The lowest BCUT2D eigenvalue weighted by Gasteiger charge is -2.14. The van der Waals surface area contributed by atoms with Crippen LogP contribution < -0.4 is 15.2 Å². The standard InChI is InChI=1S/C18H22N2O3/c1-12(14-8-16(22-2)10-17(9-14)23-3)6-18(21)13-4-5-20-15(7-13)11-19/h4-5,7-10,12H,6,11,19H2,1-3H3. The number of methoxy groups -OCH3 is 2. The molecule has 2 N–H and O–H groups in total. The van der Waals surface area contributed by atoms with Crippen molar-refractivity contribution in [2.24, 2.45) is 5.73 Å². The summed E-state index contributed by atoms with van der Waals surface area (Å²) in [5.74, 6) is 1.54. The molecule has 0 bridgehead atoms. The second-order valence-corrected chi connectivity index (χ2v) is 5.41. The van der Waals surface area contributed by atoms with E-state index in [-0.39, 0.29) is 11.7 Å². The van der Waals surface area contributed by atoms with Crippen molar-refractivity contribution >= 4 is 5.78 Å². The molecule has 0 aliphatic rings. The highest BCUT2D eigenvalue weighted by atomic mass is 16.5. The van der Waals surface area contributed by atoms with Crippen LogP contribution in [0.4, 0.5) is 0 Å². The largest absolute Gasteiger partial charge is 0.497 e. The molecular formula is C18H22N2O3. The number of hydrogen-bond donors (Lipinski definition) is 1. The third kappa shape index (κ3) is 4.29. The lowest BCUT2D eigenvalue weighted by Crippen LogP contribution is -2.08. The Kier molecular flexibility index (Phi) is 5.71. The molecule has 0 spiro atoms. The van der Waals surface area contributed by atoms with Crippen LogP contribution in [-0.4, -0.2) is 25.0 Å². The fraction of sp³-hybridized carbons (Fsp3) is 0.333. The second kappa shape index (κ2) is 7.74. The van der Waals surface area contributed by atoms with Gasteiger partial charge in [-0.25, -0.2) is 0 Å². The molecule has 1 heterocycles. The minimum atomic E-state index is 0.0426. The number of pyridine rings is 1. The average Bonchev–Trinajstić information content (AvgIpc) is 2.60. The van der Waals surface area contributed by atoms with E-state index in [1.54, 1.807) is 32.5 Å². The van der Waals surface area contributed by atoms with Gasteiger partial charge in [-0.2, -0.15) is 0 Å². The molecule has 5 nitrogen and oxygen atoms in total. The predicted molar refractivity (Wildman–Crippen MR) is 89.0 cm³/mol. The van der Waals surface area contributed by atoms with Crippen LogP contribution in [0.15, 0.2) is 36.5 Å². The quantitative estimate of drug-likeness (QED) is 0.795. The number of ketones is 1. The summed E-state index contributed by atoms with van der Waals surface area (Å²) in [6.45, 7) is 2.33. The van der Waals surface area contributed by atoms with Gasteiger partial charge < -0.3 is 15.2 Å². The number of hydrogen-bond acceptors (Lipinski definition) is 5. The summed E-state index contributed by atoms with van der Waals surface area (Å²) in [5, 5.41) is 0. The summed E-state index contributed by atoms with van der Waals surface area (Å²) in [6, 6.07) is 9.15. The lowest BCUT2D eigenvalue weighted by molar-refractivity contribution is 0.0975. The third-order valence-electron chi connectivity index (χ3n) is 3.78. The summed E-state index contributed by atoms with van der Waals surface area (Å²) in [5.41, 5.74) is 7.93. The topological polar surface area (TPSA) is 74.4 Å². The van der Waals surface area contributed by atoms with Crippen LogP contribution in [0.5, 0.6) is 11.5 Å². The number of carbonyl (C=O) groups excluding carboxylic acids is 1. The van der Waals surface area contributed by atoms with E-state index in [4.69, 9.17) is 15.2 Å². The van der Waals surface area contributed by atoms with Crippen molar-refractivity contribution in [2.45, 2.75) is 25.8 Å². The van der Waals surface area contributed by atoms with Crippen LogP contribution in [-0.2, 0) is 6.54 Å². The van der Waals surface area contributed by atoms with Gasteiger partial charge in [-0.05, 0) is 35.7 Å². The van der Waals surface area contributed by atoms with Gasteiger partial charge in [-0.1, -0.05) is 6.92 Å². The van der Waals surface area contributed by atoms with E-state index in [9.17, 15) is 4.79 Å². The van der Waals surface area contributed by atoms with E-state index in [1.165, 1.54) is 0 Å². The van der Waals surface area contributed by atoms with Gasteiger partial charge in [-0.3, -0.25) is 9.78 Å². The molecule has 1 aromatic heterocycles. The first-order valence-electron chi connectivity index (χ1n) is 7.48. The smallest absolute Gasteiger partial charge is 0.163 e. The maximum atomic E-state index is 12.5. The zero-order valence-corrected chi connectivity index (χ0v) is 13.7. The maximum absolute atomic E-state index is 12.5. The summed E-state index contributed by atoms with van der Waals surface area (Å²) in [4.78, 5) is 16.6. The monoisotopic (exact) mass is 314 g/mol. The molecule has 1 atom stereocenters. The molecule has 0 aliphatic heterocycles. The minimum Gasteiger partial charge on any atom is -0.497 e. The van der Waals surface area contributed by atoms with E-state index in [2.05, 4.69) is 4.98 Å². The molecule has 2 rings (SSSR count). The molecule has 0 aliphatic carbocycles. The molecule has 122 valence electrons. The Balaban J connectivity index is 2.17. The summed E-state index contributed by atoms with van der Waals surface area (Å²) < 4.78 is 10.6. The fourth-order valence-corrected chi connectivity index (χ4v) is 2.39. The Labute approximate surface area is 136 Å². The van der Waals surface area contributed by atoms with Gasteiger partial charge in [0.1, 0.15) is 11.5 Å². The molecule has 5 heteroatoms. The Morgan fingerprint density at radius 3 is 2.39 bits per heavy atom. The molecule has 1 unspecified atom stereocenters. The predicted octanol–water partition coefficient (Wildman–Crippen LogP) is 2.93. The van der Waals surface area contributed by atoms with Crippen LogP contribution in [0.25, 0.3) is 0 Å². The minimum absolute atomic E-state index is 0.0426. The lowest BCUT2D eigenvalue weighted by atomic mass is 9.93. The zero-order valence-electron chi connectivity index (χ0n) is 13.7. The van der Waals surface area contributed by atoms with Gasteiger partial charge in [0.15, 0.2) is 5.78 Å². The van der Waals surface area contributed by atoms with Gasteiger partial charge in [0.2, 0.25) is 0 Å². The zero-order chi connectivity index (χ0) is 16.8. The molecule has 2 aromatic rings. The van der Waals surface area contributed by atoms with Crippen molar-refractivity contribution in [3.63, 3.8) is 0 Å². The molecule has 0 saturated heterocycles. The Morgan fingerprint density at radius 1 is 1.17 bits per heavy atom. The van der Waals surface area contributed by atoms with Crippen molar-refractivity contribution in [2.75, 3.05) is 14.2 Å². The summed E-state index contributed by atoms with van der Waals surface area (Å²) in [6.07, 6.45) is 2.01. The van der Waals surface area contributed by atoms with E-state index in [0.717, 1.165) is 5.56 Å². The number of benzene rings is 1. The highest BCUT2D eigenvalue weighted by molar-refractivity contribution is 5.96. The van der Waals surface area contributed by atoms with Crippen LogP contribution in [0.2, 0.25) is 0 Å². The molecular weight excluding hydrogens is 292 g/mol. The van der Waals surface area contributed by atoms with Crippen molar-refractivity contribution in [1.29, 1.82) is 0 Å². The van der Waals surface area contributed by atoms with Gasteiger partial charge in [-0.15, -0.1) is 0 Å². The number of Topliss-reactive ketones (excluding diaryl/α,β-unsaturated/α-hetero) is 1. The molecule has 23 heavy (non-hydrogen) atoms. The first-order chi connectivity index (χ1) is 11.1. The maximum Gasteiger partial charge on any atom is 0.163 e. The van der Waals surface area contributed by atoms with Gasteiger partial charge in [0.05, 0.1) is 19.9 Å². The van der Waals surface area contributed by atoms with E-state index < -0.39 is 0 Å². The molecule has 0 amide bonds. The Bertz CT molecular complexity index is 663. The Hall–Kier alpha value is -2.40. The number of aromatic nitrogens is 1. The van der Waals surface area contributed by atoms with E-state index in [1.807, 2.05) is 25.1 Å². The van der Waals surface area contributed by atoms with Crippen LogP contribution in [0.3, 0.4) is 0 Å². The van der Waals surface area contributed by atoms with Crippen LogP contribution in [0, 0.1) is 0 Å². The van der Waals surface area contributed by atoms with E-state index in [0.29, 0.717) is 35.7 Å².